The summed E-state index contributed by atoms with van der Waals surface area (Å²) in [5.41, 5.74) is 2.17. The third-order valence-electron chi connectivity index (χ3n) is 4.63. The van der Waals surface area contributed by atoms with Crippen LogP contribution < -0.4 is 19.6 Å². The lowest BCUT2D eigenvalue weighted by atomic mass is 10.2. The first-order chi connectivity index (χ1) is 17.2. The van der Waals surface area contributed by atoms with Crippen LogP contribution >= 0.6 is 11.6 Å². The molecule has 0 unspecified atom stereocenters. The van der Waals surface area contributed by atoms with Crippen molar-refractivity contribution in [1.29, 1.82) is 0 Å². The van der Waals surface area contributed by atoms with Crippen molar-refractivity contribution in [2.24, 2.45) is 5.10 Å². The van der Waals surface area contributed by atoms with E-state index in [1.807, 2.05) is 6.92 Å². The molecule has 3 rings (SSSR count). The predicted octanol–water partition coefficient (Wildman–Crippen LogP) is 5.12. The van der Waals surface area contributed by atoms with Crippen LogP contribution in [0.1, 0.15) is 22.8 Å². The molecule has 0 atom stereocenters. The Morgan fingerprint density at radius 2 is 1.72 bits per heavy atom. The summed E-state index contributed by atoms with van der Waals surface area (Å²) in [4.78, 5) is 33.0. The van der Waals surface area contributed by atoms with E-state index in [2.05, 4.69) is 10.5 Å². The molecule has 0 aliphatic carbocycles. The summed E-state index contributed by atoms with van der Waals surface area (Å²) in [5.74, 6) is 0.301. The van der Waals surface area contributed by atoms with Crippen molar-refractivity contribution in [3.05, 3.63) is 91.0 Å². The molecule has 186 valence electrons. The van der Waals surface area contributed by atoms with Crippen LogP contribution in [0.15, 0.2) is 59.7 Å². The number of benzene rings is 3. The maximum Gasteiger partial charge on any atom is 0.318 e. The van der Waals surface area contributed by atoms with Gasteiger partial charge in [0.05, 0.1) is 40.9 Å². The number of nitrogens with one attached hydrogen (secondary N) is 1. The molecule has 0 fully saturated rings. The zero-order valence-electron chi connectivity index (χ0n) is 19.0. The lowest BCUT2D eigenvalue weighted by Gasteiger charge is -2.10. The predicted molar refractivity (Wildman–Crippen MR) is 130 cm³/mol. The number of nitro benzene ring substituents is 2. The second kappa shape index (κ2) is 11.6. The van der Waals surface area contributed by atoms with Crippen molar-refractivity contribution in [3.8, 4) is 23.0 Å². The summed E-state index contributed by atoms with van der Waals surface area (Å²) in [6.45, 7) is 2.21. The molecule has 0 saturated heterocycles. The normalized spacial score (nSPS) is 10.6. The molecular weight excluding hydrogens is 496 g/mol. The lowest BCUT2D eigenvalue weighted by molar-refractivity contribution is -0.394. The Balaban J connectivity index is 1.71. The molecule has 0 bridgehead atoms. The summed E-state index contributed by atoms with van der Waals surface area (Å²) in [6, 6.07) is 12.2. The summed E-state index contributed by atoms with van der Waals surface area (Å²) >= 11 is 6.23. The summed E-state index contributed by atoms with van der Waals surface area (Å²) < 4.78 is 16.2. The van der Waals surface area contributed by atoms with Crippen LogP contribution in [-0.4, -0.2) is 35.7 Å². The van der Waals surface area contributed by atoms with E-state index in [0.717, 1.165) is 18.2 Å². The molecule has 3 aromatic carbocycles. The number of nitrogens with zero attached hydrogens (tertiary/aromatic N) is 3. The minimum Gasteiger partial charge on any atom is -0.493 e. The standard InChI is InChI=1S/C23H19ClN4O8/c1-3-35-22-11-15(5-8-21(22)34-2)23(29)26-25-13-14-4-7-19(17(24)10-14)36-20-9-6-16(27(30)31)12-18(20)28(32)33/h4-13H,3H2,1-2H3,(H,26,29)/b25-13+. The number of hydrogen-bond donors (Lipinski definition) is 1. The smallest absolute Gasteiger partial charge is 0.318 e. The molecule has 0 saturated carbocycles. The van der Waals surface area contributed by atoms with Gasteiger partial charge in [-0.25, -0.2) is 5.43 Å². The van der Waals surface area contributed by atoms with Gasteiger partial charge >= 0.3 is 5.69 Å². The summed E-state index contributed by atoms with van der Waals surface area (Å²) in [5, 5.41) is 26.2. The van der Waals surface area contributed by atoms with E-state index in [1.165, 1.54) is 31.5 Å². The number of halogens is 1. The van der Waals surface area contributed by atoms with Crippen molar-refractivity contribution in [3.63, 3.8) is 0 Å². The van der Waals surface area contributed by atoms with Gasteiger partial charge in [0.15, 0.2) is 11.5 Å². The summed E-state index contributed by atoms with van der Waals surface area (Å²) in [7, 11) is 1.50. The monoisotopic (exact) mass is 514 g/mol. The van der Waals surface area contributed by atoms with Crippen molar-refractivity contribution in [2.75, 3.05) is 13.7 Å². The first-order valence-electron chi connectivity index (χ1n) is 10.3. The number of methoxy groups -OCH3 is 1. The van der Waals surface area contributed by atoms with Crippen molar-refractivity contribution in [2.45, 2.75) is 6.92 Å². The third-order valence-corrected chi connectivity index (χ3v) is 4.93. The zero-order valence-corrected chi connectivity index (χ0v) is 19.7. The third kappa shape index (κ3) is 6.24. The van der Waals surface area contributed by atoms with Gasteiger partial charge < -0.3 is 14.2 Å². The average molecular weight is 515 g/mol. The SMILES string of the molecule is CCOc1cc(C(=O)N/N=C/c2ccc(Oc3ccc([N+](=O)[O-])cc3[N+](=O)[O-])c(Cl)c2)ccc1OC. The van der Waals surface area contributed by atoms with Crippen LogP contribution in [0.5, 0.6) is 23.0 Å². The molecule has 1 amide bonds. The Morgan fingerprint density at radius 3 is 2.36 bits per heavy atom. The fourth-order valence-electron chi connectivity index (χ4n) is 2.96. The highest BCUT2D eigenvalue weighted by molar-refractivity contribution is 6.32. The number of amides is 1. The molecule has 0 aliphatic rings. The Labute approximate surface area is 209 Å². The second-order valence-corrected chi connectivity index (χ2v) is 7.36. The van der Waals surface area contributed by atoms with Crippen LogP contribution in [-0.2, 0) is 0 Å². The average Bonchev–Trinajstić information content (AvgIpc) is 2.85. The molecule has 12 nitrogen and oxygen atoms in total. The molecule has 3 aromatic rings. The Morgan fingerprint density at radius 1 is 1.00 bits per heavy atom. The molecule has 0 aliphatic heterocycles. The number of hydrogen-bond acceptors (Lipinski definition) is 9. The Kier molecular flexibility index (Phi) is 8.36. The van der Waals surface area contributed by atoms with E-state index in [9.17, 15) is 25.0 Å². The maximum absolute atomic E-state index is 12.4. The van der Waals surface area contributed by atoms with E-state index in [-0.39, 0.29) is 16.5 Å². The highest BCUT2D eigenvalue weighted by atomic mass is 35.5. The fraction of sp³-hybridized carbons (Fsp3) is 0.130. The number of ether oxygens (including phenoxy) is 3. The van der Waals surface area contributed by atoms with Gasteiger partial charge in [-0.3, -0.25) is 25.0 Å². The number of non-ortho nitro benzene ring substituents is 1. The number of nitro groups is 2. The molecule has 0 radical (unpaired) electrons. The van der Waals surface area contributed by atoms with Gasteiger partial charge in [-0.15, -0.1) is 0 Å². The maximum atomic E-state index is 12.4. The summed E-state index contributed by atoms with van der Waals surface area (Å²) in [6.07, 6.45) is 1.34. The highest BCUT2D eigenvalue weighted by Gasteiger charge is 2.22. The van der Waals surface area contributed by atoms with Gasteiger partial charge in [-0.05, 0) is 55.0 Å². The second-order valence-electron chi connectivity index (χ2n) is 6.96. The molecule has 36 heavy (non-hydrogen) atoms. The molecular formula is C23H19ClN4O8. The Hall–Kier alpha value is -4.71. The van der Waals surface area contributed by atoms with Gasteiger partial charge in [-0.1, -0.05) is 11.6 Å². The van der Waals surface area contributed by atoms with Crippen LogP contribution in [0.3, 0.4) is 0 Å². The molecule has 0 heterocycles. The van der Waals surface area contributed by atoms with Gasteiger partial charge in [0.25, 0.3) is 11.6 Å². The largest absolute Gasteiger partial charge is 0.493 e. The first-order valence-corrected chi connectivity index (χ1v) is 10.7. The number of rotatable bonds is 10. The Bertz CT molecular complexity index is 1350. The van der Waals surface area contributed by atoms with Crippen LogP contribution in [0.2, 0.25) is 5.02 Å². The minimum absolute atomic E-state index is 0.0801. The van der Waals surface area contributed by atoms with E-state index in [1.54, 1.807) is 18.2 Å². The van der Waals surface area contributed by atoms with E-state index < -0.39 is 27.1 Å². The highest BCUT2D eigenvalue weighted by Crippen LogP contribution is 2.37. The van der Waals surface area contributed by atoms with Gasteiger partial charge in [0, 0.05) is 11.6 Å². The van der Waals surface area contributed by atoms with Crippen LogP contribution in [0.4, 0.5) is 11.4 Å². The van der Waals surface area contributed by atoms with Crippen LogP contribution in [0, 0.1) is 20.2 Å². The lowest BCUT2D eigenvalue weighted by Crippen LogP contribution is -2.17. The molecule has 0 spiro atoms. The molecule has 0 aromatic heterocycles. The van der Waals surface area contributed by atoms with Crippen molar-refractivity contribution < 1.29 is 28.9 Å². The fourth-order valence-corrected chi connectivity index (χ4v) is 3.19. The van der Waals surface area contributed by atoms with E-state index in [4.69, 9.17) is 25.8 Å². The first kappa shape index (κ1) is 25.9. The topological polar surface area (TPSA) is 155 Å². The van der Waals surface area contributed by atoms with Gasteiger partial charge in [-0.2, -0.15) is 5.10 Å². The van der Waals surface area contributed by atoms with Crippen molar-refractivity contribution >= 4 is 35.1 Å². The van der Waals surface area contributed by atoms with Crippen molar-refractivity contribution in [1.82, 2.24) is 5.43 Å². The number of carbonyl (C=O) groups excluding carboxylic acids is 1. The minimum atomic E-state index is -0.792. The zero-order chi connectivity index (χ0) is 26.2. The number of hydrazone groups is 1. The number of carbonyl (C=O) groups is 1. The van der Waals surface area contributed by atoms with Crippen LogP contribution in [0.25, 0.3) is 0 Å². The van der Waals surface area contributed by atoms with Gasteiger partial charge in [0.2, 0.25) is 5.75 Å². The van der Waals surface area contributed by atoms with Gasteiger partial charge in [0.1, 0.15) is 5.75 Å². The van der Waals surface area contributed by atoms with E-state index >= 15 is 0 Å². The molecule has 1 N–H and O–H groups in total. The van der Waals surface area contributed by atoms with E-state index in [0.29, 0.717) is 29.2 Å². The quantitative estimate of drug-likeness (QED) is 0.222. The molecule has 13 heteroatoms.